The Balaban J connectivity index is 1.71. The molecule has 9 heteroatoms. The largest absolute Gasteiger partial charge is 0.473 e. The van der Waals surface area contributed by atoms with Crippen LogP contribution in [0.2, 0.25) is 0 Å². The van der Waals surface area contributed by atoms with Crippen LogP contribution in [0.3, 0.4) is 0 Å². The highest BCUT2D eigenvalue weighted by Gasteiger charge is 2.12. The van der Waals surface area contributed by atoms with E-state index in [9.17, 15) is 14.4 Å². The van der Waals surface area contributed by atoms with Crippen LogP contribution in [-0.2, 0) is 6.61 Å². The van der Waals surface area contributed by atoms with Crippen molar-refractivity contribution in [2.24, 2.45) is 0 Å². The van der Waals surface area contributed by atoms with Crippen LogP contribution in [0.1, 0.15) is 16.1 Å². The maximum atomic E-state index is 12.2. The number of ether oxygens (including phenoxy) is 1. The summed E-state index contributed by atoms with van der Waals surface area (Å²) in [6.45, 7) is 0.290. The van der Waals surface area contributed by atoms with Crippen molar-refractivity contribution < 1.29 is 9.53 Å². The zero-order valence-corrected chi connectivity index (χ0v) is 12.9. The van der Waals surface area contributed by atoms with Gasteiger partial charge in [0, 0.05) is 12.3 Å². The maximum absolute atomic E-state index is 12.2. The number of H-pyrrole nitrogens is 2. The van der Waals surface area contributed by atoms with Gasteiger partial charge in [0.05, 0.1) is 0 Å². The number of nitrogens with one attached hydrogen (secondary N) is 3. The summed E-state index contributed by atoms with van der Waals surface area (Å²) in [4.78, 5) is 46.8. The molecule has 126 valence electrons. The van der Waals surface area contributed by atoms with E-state index < -0.39 is 17.2 Å². The van der Waals surface area contributed by atoms with Crippen LogP contribution in [0, 0.1) is 0 Å². The molecule has 0 aliphatic heterocycles. The standard InChI is InChI=1S/C16H13N5O4/c22-14(20-12-7-17-16(24)21-15(12)23)11-6-13(19-9-18-11)25-8-10-4-2-1-3-5-10/h1-7,9H,8H2,(H,20,22)(H2,17,21,23,24). The number of nitrogens with zero attached hydrogens (tertiary/aromatic N) is 2. The number of rotatable bonds is 5. The molecule has 3 rings (SSSR count). The molecule has 0 aliphatic rings. The number of carbonyl (C=O) groups excluding carboxylic acids is 1. The molecule has 0 atom stereocenters. The van der Waals surface area contributed by atoms with Gasteiger partial charge in [0.2, 0.25) is 5.88 Å². The van der Waals surface area contributed by atoms with Gasteiger partial charge >= 0.3 is 5.69 Å². The van der Waals surface area contributed by atoms with E-state index >= 15 is 0 Å². The average molecular weight is 339 g/mol. The Kier molecular flexibility index (Phi) is 4.65. The van der Waals surface area contributed by atoms with E-state index in [4.69, 9.17) is 4.74 Å². The van der Waals surface area contributed by atoms with Crippen molar-refractivity contribution in [3.63, 3.8) is 0 Å². The van der Waals surface area contributed by atoms with Crippen molar-refractivity contribution in [3.05, 3.63) is 81.0 Å². The fourth-order valence-corrected chi connectivity index (χ4v) is 1.96. The first-order valence-corrected chi connectivity index (χ1v) is 7.24. The monoisotopic (exact) mass is 339 g/mol. The van der Waals surface area contributed by atoms with Crippen LogP contribution in [-0.4, -0.2) is 25.8 Å². The van der Waals surface area contributed by atoms with Gasteiger partial charge in [-0.2, -0.15) is 0 Å². The Morgan fingerprint density at radius 1 is 1.16 bits per heavy atom. The van der Waals surface area contributed by atoms with E-state index in [2.05, 4.69) is 20.3 Å². The van der Waals surface area contributed by atoms with Crippen molar-refractivity contribution in [3.8, 4) is 5.88 Å². The van der Waals surface area contributed by atoms with Gasteiger partial charge in [-0.15, -0.1) is 0 Å². The zero-order chi connectivity index (χ0) is 17.6. The first-order valence-electron chi connectivity index (χ1n) is 7.24. The van der Waals surface area contributed by atoms with Crippen LogP contribution < -0.4 is 21.3 Å². The number of benzene rings is 1. The lowest BCUT2D eigenvalue weighted by Gasteiger charge is -2.07. The molecule has 3 aromatic rings. The number of hydrogen-bond donors (Lipinski definition) is 3. The summed E-state index contributed by atoms with van der Waals surface area (Å²) in [5.41, 5.74) is -0.515. The minimum atomic E-state index is -0.716. The summed E-state index contributed by atoms with van der Waals surface area (Å²) in [7, 11) is 0. The Morgan fingerprint density at radius 2 is 1.96 bits per heavy atom. The second-order valence-electron chi connectivity index (χ2n) is 4.96. The molecule has 0 bridgehead atoms. The van der Waals surface area contributed by atoms with Crippen molar-refractivity contribution in [1.29, 1.82) is 0 Å². The summed E-state index contributed by atoms with van der Waals surface area (Å²) in [5, 5.41) is 2.36. The quantitative estimate of drug-likeness (QED) is 0.627. The molecule has 2 aromatic heterocycles. The van der Waals surface area contributed by atoms with Gasteiger partial charge in [-0.05, 0) is 5.56 Å². The molecule has 0 aliphatic carbocycles. The molecule has 0 unspecified atom stereocenters. The molecule has 0 spiro atoms. The molecule has 3 N–H and O–H groups in total. The number of aromatic amines is 2. The summed E-state index contributed by atoms with van der Waals surface area (Å²) in [6, 6.07) is 10.8. The van der Waals surface area contributed by atoms with Gasteiger partial charge < -0.3 is 15.0 Å². The van der Waals surface area contributed by atoms with Gasteiger partial charge in [0.25, 0.3) is 11.5 Å². The van der Waals surface area contributed by atoms with Crippen LogP contribution in [0.25, 0.3) is 0 Å². The third-order valence-corrected chi connectivity index (χ3v) is 3.17. The number of aromatic nitrogens is 4. The highest BCUT2D eigenvalue weighted by atomic mass is 16.5. The average Bonchev–Trinajstić information content (AvgIpc) is 2.63. The fraction of sp³-hybridized carbons (Fsp3) is 0.0625. The molecule has 0 fully saturated rings. The van der Waals surface area contributed by atoms with Gasteiger partial charge in [-0.25, -0.2) is 14.8 Å². The Bertz CT molecular complexity index is 997. The lowest BCUT2D eigenvalue weighted by atomic mass is 10.2. The van der Waals surface area contributed by atoms with Crippen LogP contribution >= 0.6 is 0 Å². The molecule has 0 radical (unpaired) electrons. The highest BCUT2D eigenvalue weighted by molar-refractivity contribution is 6.02. The number of anilines is 1. The molecule has 25 heavy (non-hydrogen) atoms. The lowest BCUT2D eigenvalue weighted by Crippen LogP contribution is -2.26. The van der Waals surface area contributed by atoms with E-state index in [0.29, 0.717) is 6.61 Å². The summed E-state index contributed by atoms with van der Waals surface area (Å²) in [5.74, 6) is -0.413. The first-order chi connectivity index (χ1) is 12.1. The molecule has 9 nitrogen and oxygen atoms in total. The van der Waals surface area contributed by atoms with Crippen molar-refractivity contribution in [2.75, 3.05) is 5.32 Å². The maximum Gasteiger partial charge on any atom is 0.325 e. The third-order valence-electron chi connectivity index (χ3n) is 3.17. The molecule has 0 saturated heterocycles. The van der Waals surface area contributed by atoms with Gasteiger partial charge in [0.15, 0.2) is 0 Å². The zero-order valence-electron chi connectivity index (χ0n) is 12.9. The second-order valence-corrected chi connectivity index (χ2v) is 4.96. The minimum Gasteiger partial charge on any atom is -0.473 e. The number of hydrogen-bond acceptors (Lipinski definition) is 6. The Labute approximate surface area is 140 Å². The molecular formula is C16H13N5O4. The predicted octanol–water partition coefficient (Wildman–Crippen LogP) is 0.684. The number of amides is 1. The number of carbonyl (C=O) groups is 1. The minimum absolute atomic E-state index is 0.0173. The van der Waals surface area contributed by atoms with Crippen molar-refractivity contribution in [2.45, 2.75) is 6.61 Å². The third kappa shape index (κ3) is 4.16. The Hall–Kier alpha value is -3.75. The van der Waals surface area contributed by atoms with Crippen LogP contribution in [0.15, 0.2) is 58.5 Å². The van der Waals surface area contributed by atoms with E-state index in [-0.39, 0.29) is 17.3 Å². The lowest BCUT2D eigenvalue weighted by molar-refractivity contribution is 0.102. The van der Waals surface area contributed by atoms with Gasteiger partial charge in [-0.3, -0.25) is 14.6 Å². The first kappa shape index (κ1) is 16.1. The molecule has 1 amide bonds. The molecule has 0 saturated carbocycles. The normalized spacial score (nSPS) is 10.2. The smallest absolute Gasteiger partial charge is 0.325 e. The molecular weight excluding hydrogens is 326 g/mol. The van der Waals surface area contributed by atoms with E-state index in [1.54, 1.807) is 0 Å². The van der Waals surface area contributed by atoms with E-state index in [1.807, 2.05) is 35.3 Å². The van der Waals surface area contributed by atoms with Gasteiger partial charge in [-0.1, -0.05) is 30.3 Å². The van der Waals surface area contributed by atoms with E-state index in [1.165, 1.54) is 12.4 Å². The van der Waals surface area contributed by atoms with Crippen molar-refractivity contribution >= 4 is 11.6 Å². The topological polar surface area (TPSA) is 130 Å². The Morgan fingerprint density at radius 3 is 2.72 bits per heavy atom. The van der Waals surface area contributed by atoms with Crippen LogP contribution in [0.4, 0.5) is 5.69 Å². The highest BCUT2D eigenvalue weighted by Crippen LogP contribution is 2.11. The molecule has 2 heterocycles. The molecule has 1 aromatic carbocycles. The van der Waals surface area contributed by atoms with Crippen molar-refractivity contribution in [1.82, 2.24) is 19.9 Å². The summed E-state index contributed by atoms with van der Waals surface area (Å²) < 4.78 is 5.53. The van der Waals surface area contributed by atoms with Gasteiger partial charge in [0.1, 0.15) is 24.3 Å². The summed E-state index contributed by atoms with van der Waals surface area (Å²) in [6.07, 6.45) is 2.29. The van der Waals surface area contributed by atoms with E-state index in [0.717, 1.165) is 11.8 Å². The predicted molar refractivity (Wildman–Crippen MR) is 88.4 cm³/mol. The fourth-order valence-electron chi connectivity index (χ4n) is 1.96. The second kappa shape index (κ2) is 7.21. The summed E-state index contributed by atoms with van der Waals surface area (Å²) >= 11 is 0. The SMILES string of the molecule is O=C(Nc1c[nH]c(=O)[nH]c1=O)c1cc(OCc2ccccc2)ncn1. The van der Waals surface area contributed by atoms with Crippen LogP contribution in [0.5, 0.6) is 5.88 Å².